The monoisotopic (exact) mass is 359 g/mol. The van der Waals surface area contributed by atoms with Crippen LogP contribution in [0.5, 0.6) is 0 Å². The van der Waals surface area contributed by atoms with Crippen LogP contribution in [-0.4, -0.2) is 42.5 Å². The Balaban J connectivity index is 1.71. The first-order valence-electron chi connectivity index (χ1n) is 7.07. The summed E-state index contributed by atoms with van der Waals surface area (Å²) in [7, 11) is 0. The van der Waals surface area contributed by atoms with Gasteiger partial charge in [0, 0.05) is 24.6 Å². The minimum Gasteiger partial charge on any atom is -0.367 e. The van der Waals surface area contributed by atoms with Crippen molar-refractivity contribution < 1.29 is 18.3 Å². The molecule has 2 unspecified atom stereocenters. The van der Waals surface area contributed by atoms with Crippen molar-refractivity contribution in [1.29, 1.82) is 0 Å². The van der Waals surface area contributed by atoms with Crippen molar-refractivity contribution >= 4 is 21.7 Å². The van der Waals surface area contributed by atoms with E-state index in [1.165, 1.54) is 6.07 Å². The van der Waals surface area contributed by atoms with E-state index in [4.69, 9.17) is 4.74 Å². The van der Waals surface area contributed by atoms with E-state index in [1.807, 2.05) is 0 Å². The van der Waals surface area contributed by atoms with Crippen molar-refractivity contribution in [3.05, 3.63) is 33.8 Å². The zero-order valence-electron chi connectivity index (χ0n) is 11.4. The molecule has 0 N–H and O–H groups in total. The van der Waals surface area contributed by atoms with Crippen LogP contribution >= 0.6 is 15.9 Å². The molecular weight excluding hydrogens is 344 g/mol. The normalized spacial score (nSPS) is 25.9. The summed E-state index contributed by atoms with van der Waals surface area (Å²) in [5.74, 6) is -1.67. The molecule has 3 nitrogen and oxygen atoms in total. The van der Waals surface area contributed by atoms with E-state index in [2.05, 4.69) is 20.8 Å². The number of ether oxygens (including phenoxy) is 1. The quantitative estimate of drug-likeness (QED) is 0.777. The van der Waals surface area contributed by atoms with Crippen molar-refractivity contribution in [2.45, 2.75) is 31.4 Å². The number of hydrogen-bond donors (Lipinski definition) is 0. The Bertz CT molecular complexity index is 567. The van der Waals surface area contributed by atoms with Gasteiger partial charge < -0.3 is 4.74 Å². The first-order chi connectivity index (χ1) is 10.1. The predicted octanol–water partition coefficient (Wildman–Crippen LogP) is 2.70. The van der Waals surface area contributed by atoms with Gasteiger partial charge in [0.1, 0.15) is 17.7 Å². The summed E-state index contributed by atoms with van der Waals surface area (Å²) in [6.07, 6.45) is 1.34. The summed E-state index contributed by atoms with van der Waals surface area (Å²) in [5.41, 5.74) is -0.193. The van der Waals surface area contributed by atoms with Gasteiger partial charge in [0.25, 0.3) is 0 Å². The van der Waals surface area contributed by atoms with Crippen LogP contribution in [0.2, 0.25) is 0 Å². The zero-order chi connectivity index (χ0) is 15.0. The fourth-order valence-electron chi connectivity index (χ4n) is 3.03. The smallest absolute Gasteiger partial charge is 0.167 e. The van der Waals surface area contributed by atoms with Crippen molar-refractivity contribution in [3.8, 4) is 0 Å². The fraction of sp³-hybridized carbons (Fsp3) is 0.533. The number of morpholine rings is 1. The fourth-order valence-corrected chi connectivity index (χ4v) is 3.40. The van der Waals surface area contributed by atoms with Crippen LogP contribution in [0, 0.1) is 11.6 Å². The highest BCUT2D eigenvalue weighted by molar-refractivity contribution is 9.10. The Kier molecular flexibility index (Phi) is 4.38. The van der Waals surface area contributed by atoms with Gasteiger partial charge in [-0.05, 0) is 47.4 Å². The van der Waals surface area contributed by atoms with Gasteiger partial charge in [0.05, 0.1) is 11.1 Å². The van der Waals surface area contributed by atoms with Crippen LogP contribution in [-0.2, 0) is 16.0 Å². The van der Waals surface area contributed by atoms with E-state index in [0.717, 1.165) is 25.5 Å². The number of fused-ring (bicyclic) bond motifs is 1. The number of hydrogen-bond acceptors (Lipinski definition) is 3. The Labute approximate surface area is 130 Å². The summed E-state index contributed by atoms with van der Waals surface area (Å²) in [6, 6.07) is 2.85. The summed E-state index contributed by atoms with van der Waals surface area (Å²) >= 11 is 3.01. The van der Waals surface area contributed by atoms with E-state index < -0.39 is 17.7 Å². The average molecular weight is 360 g/mol. The van der Waals surface area contributed by atoms with Crippen LogP contribution in [0.25, 0.3) is 0 Å². The van der Waals surface area contributed by atoms with Gasteiger partial charge in [-0.25, -0.2) is 8.78 Å². The highest BCUT2D eigenvalue weighted by Crippen LogP contribution is 2.25. The molecule has 0 aliphatic carbocycles. The molecule has 6 heteroatoms. The maximum absolute atomic E-state index is 13.9. The number of benzene rings is 1. The molecule has 2 saturated heterocycles. The minimum atomic E-state index is -0.710. The Morgan fingerprint density at radius 2 is 2.24 bits per heavy atom. The molecule has 0 radical (unpaired) electrons. The second kappa shape index (κ2) is 6.10. The van der Waals surface area contributed by atoms with Crippen molar-refractivity contribution in [2.75, 3.05) is 19.7 Å². The number of halogens is 3. The standard InChI is InChI=1S/C15H16BrF2NO2/c16-11-3-4-12(17)10(15(11)18)6-13(20)14-7-19-5-1-2-9(19)8-21-14/h3-4,9,14H,1-2,5-8H2. The number of carbonyl (C=O) groups is 1. The number of Topliss-reactive ketones (excluding diaryl/α,β-unsaturated/α-hetero) is 1. The molecule has 0 amide bonds. The third kappa shape index (κ3) is 3.03. The van der Waals surface area contributed by atoms with Gasteiger partial charge in [-0.2, -0.15) is 0 Å². The Morgan fingerprint density at radius 1 is 1.43 bits per heavy atom. The lowest BCUT2D eigenvalue weighted by atomic mass is 10.0. The minimum absolute atomic E-state index is 0.163. The largest absolute Gasteiger partial charge is 0.367 e. The van der Waals surface area contributed by atoms with E-state index in [-0.39, 0.29) is 22.2 Å². The second-order valence-corrected chi connectivity index (χ2v) is 6.43. The summed E-state index contributed by atoms with van der Waals surface area (Å²) < 4.78 is 33.4. The zero-order valence-corrected chi connectivity index (χ0v) is 13.0. The molecule has 0 spiro atoms. The van der Waals surface area contributed by atoms with E-state index >= 15 is 0 Å². The van der Waals surface area contributed by atoms with Crippen LogP contribution < -0.4 is 0 Å². The lowest BCUT2D eigenvalue weighted by molar-refractivity contribution is -0.137. The van der Waals surface area contributed by atoms with Gasteiger partial charge in [0.2, 0.25) is 0 Å². The average Bonchev–Trinajstić information content (AvgIpc) is 2.94. The molecule has 0 aromatic heterocycles. The first-order valence-corrected chi connectivity index (χ1v) is 7.86. The van der Waals surface area contributed by atoms with E-state index in [9.17, 15) is 13.6 Å². The molecule has 3 rings (SSSR count). The highest BCUT2D eigenvalue weighted by atomic mass is 79.9. The Morgan fingerprint density at radius 3 is 3.05 bits per heavy atom. The van der Waals surface area contributed by atoms with Gasteiger partial charge in [-0.1, -0.05) is 0 Å². The van der Waals surface area contributed by atoms with Crippen LogP contribution in [0.15, 0.2) is 16.6 Å². The molecule has 1 aromatic carbocycles. The number of ketones is 1. The molecule has 0 bridgehead atoms. The van der Waals surface area contributed by atoms with Crippen LogP contribution in [0.3, 0.4) is 0 Å². The van der Waals surface area contributed by atoms with Crippen molar-refractivity contribution in [3.63, 3.8) is 0 Å². The number of nitrogens with zero attached hydrogens (tertiary/aromatic N) is 1. The maximum Gasteiger partial charge on any atom is 0.167 e. The van der Waals surface area contributed by atoms with Gasteiger partial charge in [-0.15, -0.1) is 0 Å². The summed E-state index contributed by atoms with van der Waals surface area (Å²) in [5, 5.41) is 0. The molecule has 0 saturated carbocycles. The van der Waals surface area contributed by atoms with Crippen molar-refractivity contribution in [2.24, 2.45) is 0 Å². The second-order valence-electron chi connectivity index (χ2n) is 5.58. The SMILES string of the molecule is O=C(Cc1c(F)ccc(Br)c1F)C1CN2CCCC2CO1. The predicted molar refractivity (Wildman–Crippen MR) is 77.1 cm³/mol. The highest BCUT2D eigenvalue weighted by Gasteiger charge is 2.35. The molecule has 21 heavy (non-hydrogen) atoms. The molecule has 1 aromatic rings. The summed E-state index contributed by atoms with van der Waals surface area (Å²) in [6.45, 7) is 2.03. The topological polar surface area (TPSA) is 29.5 Å². The Hall–Kier alpha value is -0.850. The first kappa shape index (κ1) is 15.1. The molecule has 2 aliphatic heterocycles. The summed E-state index contributed by atoms with van der Waals surface area (Å²) in [4.78, 5) is 14.5. The van der Waals surface area contributed by atoms with Crippen molar-refractivity contribution in [1.82, 2.24) is 4.90 Å². The number of rotatable bonds is 3. The lowest BCUT2D eigenvalue weighted by Crippen LogP contribution is -2.49. The van der Waals surface area contributed by atoms with Gasteiger partial charge in [-0.3, -0.25) is 9.69 Å². The van der Waals surface area contributed by atoms with Crippen LogP contribution in [0.1, 0.15) is 18.4 Å². The number of carbonyl (C=O) groups excluding carboxylic acids is 1. The van der Waals surface area contributed by atoms with Crippen LogP contribution in [0.4, 0.5) is 8.78 Å². The molecule has 114 valence electrons. The third-order valence-corrected chi connectivity index (χ3v) is 4.85. The molecule has 2 fully saturated rings. The maximum atomic E-state index is 13.9. The van der Waals surface area contributed by atoms with Gasteiger partial charge in [0.15, 0.2) is 5.78 Å². The molecule has 2 heterocycles. The molecular formula is C15H16BrF2NO2. The lowest BCUT2D eigenvalue weighted by Gasteiger charge is -2.34. The van der Waals surface area contributed by atoms with E-state index in [1.54, 1.807) is 0 Å². The van der Waals surface area contributed by atoms with Gasteiger partial charge >= 0.3 is 0 Å². The molecule has 2 atom stereocenters. The third-order valence-electron chi connectivity index (χ3n) is 4.24. The molecule has 2 aliphatic rings. The van der Waals surface area contributed by atoms with E-state index in [0.29, 0.717) is 19.2 Å².